The maximum absolute atomic E-state index is 10.0. The zero-order chi connectivity index (χ0) is 16.7. The first kappa shape index (κ1) is 18.7. The Labute approximate surface area is 145 Å². The van der Waals surface area contributed by atoms with Crippen LogP contribution in [0.2, 0.25) is 5.02 Å². The summed E-state index contributed by atoms with van der Waals surface area (Å²) < 4.78 is 5.51. The predicted octanol–water partition coefficient (Wildman–Crippen LogP) is 2.49. The minimum Gasteiger partial charge on any atom is -0.389 e. The number of piperazine rings is 1. The van der Waals surface area contributed by atoms with E-state index in [9.17, 15) is 5.11 Å². The van der Waals surface area contributed by atoms with Crippen molar-refractivity contribution in [3.63, 3.8) is 0 Å². The lowest BCUT2D eigenvalue weighted by Crippen LogP contribution is -2.48. The van der Waals surface area contributed by atoms with Gasteiger partial charge in [-0.15, -0.1) is 0 Å². The van der Waals surface area contributed by atoms with Crippen molar-refractivity contribution >= 4 is 11.6 Å². The van der Waals surface area contributed by atoms with Crippen LogP contribution in [0.3, 0.4) is 0 Å². The van der Waals surface area contributed by atoms with Crippen molar-refractivity contribution in [3.8, 4) is 0 Å². The smallest absolute Gasteiger partial charge is 0.0900 e. The zero-order valence-electron chi connectivity index (χ0n) is 14.2. The van der Waals surface area contributed by atoms with Gasteiger partial charge in [-0.1, -0.05) is 37.6 Å². The van der Waals surface area contributed by atoms with Crippen LogP contribution in [0.25, 0.3) is 0 Å². The van der Waals surface area contributed by atoms with Gasteiger partial charge in [0.05, 0.1) is 12.7 Å². The maximum atomic E-state index is 10.0. The molecule has 2 rings (SSSR count). The van der Waals surface area contributed by atoms with Gasteiger partial charge in [-0.25, -0.2) is 0 Å². The molecule has 0 aliphatic carbocycles. The highest BCUT2D eigenvalue weighted by Gasteiger charge is 2.19. The molecule has 0 amide bonds. The van der Waals surface area contributed by atoms with Gasteiger partial charge >= 0.3 is 0 Å². The molecule has 0 saturated carbocycles. The van der Waals surface area contributed by atoms with Crippen LogP contribution in [0, 0.1) is 5.92 Å². The molecular weight excluding hydrogens is 312 g/mol. The second-order valence-corrected chi connectivity index (χ2v) is 7.22. The third-order valence-electron chi connectivity index (χ3n) is 4.01. The molecule has 130 valence electrons. The molecule has 0 radical (unpaired) electrons. The van der Waals surface area contributed by atoms with Crippen molar-refractivity contribution in [3.05, 3.63) is 34.9 Å². The average molecular weight is 341 g/mol. The molecule has 1 aliphatic rings. The van der Waals surface area contributed by atoms with Crippen LogP contribution in [-0.2, 0) is 11.3 Å². The molecule has 1 fully saturated rings. The van der Waals surface area contributed by atoms with Crippen LogP contribution in [-0.4, -0.2) is 66.9 Å². The van der Waals surface area contributed by atoms with Crippen LogP contribution < -0.4 is 0 Å². The van der Waals surface area contributed by atoms with Crippen LogP contribution >= 0.6 is 11.6 Å². The van der Waals surface area contributed by atoms with Gasteiger partial charge in [0.25, 0.3) is 0 Å². The van der Waals surface area contributed by atoms with E-state index in [1.54, 1.807) is 0 Å². The van der Waals surface area contributed by atoms with E-state index in [0.717, 1.165) is 37.7 Å². The van der Waals surface area contributed by atoms with Gasteiger partial charge in [0.2, 0.25) is 0 Å². The fourth-order valence-electron chi connectivity index (χ4n) is 2.77. The van der Waals surface area contributed by atoms with Crippen molar-refractivity contribution in [2.24, 2.45) is 5.92 Å². The molecule has 1 aromatic rings. The number of aliphatic hydroxyl groups excluding tert-OH is 1. The van der Waals surface area contributed by atoms with E-state index in [1.165, 1.54) is 5.56 Å². The monoisotopic (exact) mass is 340 g/mol. The quantitative estimate of drug-likeness (QED) is 0.788. The number of nitrogens with zero attached hydrogens (tertiary/aromatic N) is 2. The molecule has 1 aromatic carbocycles. The molecule has 1 heterocycles. The van der Waals surface area contributed by atoms with E-state index in [-0.39, 0.29) is 0 Å². The van der Waals surface area contributed by atoms with Gasteiger partial charge in [-0.2, -0.15) is 0 Å². The molecule has 1 aliphatic heterocycles. The average Bonchev–Trinajstić information content (AvgIpc) is 2.51. The highest BCUT2D eigenvalue weighted by Crippen LogP contribution is 2.13. The third kappa shape index (κ3) is 7.19. The lowest BCUT2D eigenvalue weighted by molar-refractivity contribution is -0.000368. The van der Waals surface area contributed by atoms with Gasteiger partial charge in [0, 0.05) is 50.9 Å². The largest absolute Gasteiger partial charge is 0.389 e. The summed E-state index contributed by atoms with van der Waals surface area (Å²) in [6.45, 7) is 11.1. The SMILES string of the molecule is CC(C)COCC(O)CN1CCN(Cc2ccc(Cl)cc2)CC1. The Morgan fingerprint density at radius 1 is 1.04 bits per heavy atom. The summed E-state index contributed by atoms with van der Waals surface area (Å²) in [6.07, 6.45) is -0.392. The molecule has 4 nitrogen and oxygen atoms in total. The van der Waals surface area contributed by atoms with E-state index >= 15 is 0 Å². The van der Waals surface area contributed by atoms with Crippen molar-refractivity contribution in [1.29, 1.82) is 0 Å². The Morgan fingerprint density at radius 2 is 1.65 bits per heavy atom. The van der Waals surface area contributed by atoms with Crippen LogP contribution in [0.15, 0.2) is 24.3 Å². The summed E-state index contributed by atoms with van der Waals surface area (Å²) in [5, 5.41) is 10.8. The zero-order valence-corrected chi connectivity index (χ0v) is 15.0. The molecule has 1 unspecified atom stereocenters. The number of benzene rings is 1. The Morgan fingerprint density at radius 3 is 2.26 bits per heavy atom. The third-order valence-corrected chi connectivity index (χ3v) is 4.27. The summed E-state index contributed by atoms with van der Waals surface area (Å²) in [5.74, 6) is 0.513. The van der Waals surface area contributed by atoms with E-state index < -0.39 is 6.10 Å². The fraction of sp³-hybridized carbons (Fsp3) is 0.667. The fourth-order valence-corrected chi connectivity index (χ4v) is 2.89. The lowest BCUT2D eigenvalue weighted by atomic mass is 10.2. The van der Waals surface area contributed by atoms with Crippen LogP contribution in [0.5, 0.6) is 0 Å². The number of ether oxygens (including phenoxy) is 1. The van der Waals surface area contributed by atoms with Crippen LogP contribution in [0.1, 0.15) is 19.4 Å². The normalized spacial score (nSPS) is 18.5. The second-order valence-electron chi connectivity index (χ2n) is 6.79. The Bertz CT molecular complexity index is 445. The number of rotatable bonds is 8. The van der Waals surface area contributed by atoms with E-state index in [1.807, 2.05) is 12.1 Å². The summed E-state index contributed by atoms with van der Waals surface area (Å²) in [7, 11) is 0. The van der Waals surface area contributed by atoms with E-state index in [2.05, 4.69) is 35.8 Å². The predicted molar refractivity (Wildman–Crippen MR) is 94.8 cm³/mol. The molecule has 0 aromatic heterocycles. The van der Waals surface area contributed by atoms with Crippen LogP contribution in [0.4, 0.5) is 0 Å². The molecule has 1 saturated heterocycles. The van der Waals surface area contributed by atoms with Gasteiger partial charge in [0.15, 0.2) is 0 Å². The molecule has 0 bridgehead atoms. The topological polar surface area (TPSA) is 35.9 Å². The van der Waals surface area contributed by atoms with Gasteiger partial charge in [-0.05, 0) is 23.6 Å². The Balaban J connectivity index is 1.64. The van der Waals surface area contributed by atoms with Crippen molar-refractivity contribution < 1.29 is 9.84 Å². The van der Waals surface area contributed by atoms with E-state index in [4.69, 9.17) is 16.3 Å². The van der Waals surface area contributed by atoms with Gasteiger partial charge < -0.3 is 9.84 Å². The summed E-state index contributed by atoms with van der Waals surface area (Å²) in [4.78, 5) is 4.77. The van der Waals surface area contributed by atoms with Gasteiger partial charge in [0.1, 0.15) is 0 Å². The minimum absolute atomic E-state index is 0.392. The summed E-state index contributed by atoms with van der Waals surface area (Å²) in [6, 6.07) is 8.07. The molecule has 0 spiro atoms. The first-order valence-corrected chi connectivity index (χ1v) is 8.85. The van der Waals surface area contributed by atoms with Gasteiger partial charge in [-0.3, -0.25) is 9.80 Å². The number of β-amino-alcohol motifs (C(OH)–C–C–N with tert-alkyl or cyclic N) is 1. The first-order chi connectivity index (χ1) is 11.0. The molecule has 23 heavy (non-hydrogen) atoms. The number of aliphatic hydroxyl groups is 1. The Hall–Kier alpha value is -0.650. The highest BCUT2D eigenvalue weighted by atomic mass is 35.5. The first-order valence-electron chi connectivity index (χ1n) is 8.48. The number of hydrogen-bond acceptors (Lipinski definition) is 4. The van der Waals surface area contributed by atoms with Crippen molar-refractivity contribution in [1.82, 2.24) is 9.80 Å². The highest BCUT2D eigenvalue weighted by molar-refractivity contribution is 6.30. The molecular formula is C18H29ClN2O2. The standard InChI is InChI=1S/C18H29ClN2O2/c1-15(2)13-23-14-18(22)12-21-9-7-20(8-10-21)11-16-3-5-17(19)6-4-16/h3-6,15,18,22H,7-14H2,1-2H3. The molecule has 1 atom stereocenters. The van der Waals surface area contributed by atoms with Crippen molar-refractivity contribution in [2.75, 3.05) is 45.9 Å². The Kier molecular flexibility index (Phi) is 7.80. The number of halogens is 1. The molecule has 1 N–H and O–H groups in total. The maximum Gasteiger partial charge on any atom is 0.0900 e. The van der Waals surface area contributed by atoms with E-state index in [0.29, 0.717) is 25.7 Å². The lowest BCUT2D eigenvalue weighted by Gasteiger charge is -2.35. The molecule has 5 heteroatoms. The summed E-state index contributed by atoms with van der Waals surface area (Å²) >= 11 is 5.92. The minimum atomic E-state index is -0.392. The number of hydrogen-bond donors (Lipinski definition) is 1. The summed E-state index contributed by atoms with van der Waals surface area (Å²) in [5.41, 5.74) is 1.30. The second kappa shape index (κ2) is 9.60. The van der Waals surface area contributed by atoms with Crippen molar-refractivity contribution in [2.45, 2.75) is 26.5 Å².